The molecule has 1 aliphatic rings. The average Bonchev–Trinajstić information content (AvgIpc) is 2.93. The van der Waals surface area contributed by atoms with Gasteiger partial charge in [0.2, 0.25) is 0 Å². The molecule has 0 saturated heterocycles. The highest BCUT2D eigenvalue weighted by Crippen LogP contribution is 2.33. The minimum atomic E-state index is 0.258. The predicted octanol–water partition coefficient (Wildman–Crippen LogP) is 3.52. The first-order chi connectivity index (χ1) is 9.74. The van der Waals surface area contributed by atoms with Gasteiger partial charge in [-0.25, -0.2) is 0 Å². The van der Waals surface area contributed by atoms with Crippen molar-refractivity contribution in [1.29, 1.82) is 0 Å². The molecule has 0 radical (unpaired) electrons. The van der Waals surface area contributed by atoms with Gasteiger partial charge in [0.05, 0.1) is 6.61 Å². The van der Waals surface area contributed by atoms with Gasteiger partial charge in [-0.15, -0.1) is 0 Å². The molecule has 0 saturated carbocycles. The van der Waals surface area contributed by atoms with Crippen molar-refractivity contribution in [3.8, 4) is 5.75 Å². The molecule has 0 fully saturated rings. The summed E-state index contributed by atoms with van der Waals surface area (Å²) in [6.07, 6.45) is 4.57. The van der Waals surface area contributed by atoms with Crippen LogP contribution in [0.15, 0.2) is 36.7 Å². The molecule has 2 heterocycles. The predicted molar refractivity (Wildman–Crippen MR) is 80.1 cm³/mol. The zero-order valence-corrected chi connectivity index (χ0v) is 12.2. The van der Waals surface area contributed by atoms with Crippen LogP contribution >= 0.6 is 11.6 Å². The van der Waals surface area contributed by atoms with Gasteiger partial charge in [-0.2, -0.15) is 0 Å². The van der Waals surface area contributed by atoms with Crippen LogP contribution in [0.3, 0.4) is 0 Å². The summed E-state index contributed by atoms with van der Waals surface area (Å²) >= 11 is 6.17. The molecule has 20 heavy (non-hydrogen) atoms. The summed E-state index contributed by atoms with van der Waals surface area (Å²) in [5, 5.41) is 4.29. The van der Waals surface area contributed by atoms with Crippen LogP contribution in [0.25, 0.3) is 0 Å². The highest BCUT2D eigenvalue weighted by Gasteiger charge is 2.17. The van der Waals surface area contributed by atoms with Gasteiger partial charge in [0.1, 0.15) is 5.75 Å². The van der Waals surface area contributed by atoms with Crippen LogP contribution in [0, 0.1) is 0 Å². The van der Waals surface area contributed by atoms with Gasteiger partial charge in [0.15, 0.2) is 0 Å². The Morgan fingerprint density at radius 3 is 2.95 bits per heavy atom. The first-order valence-electron chi connectivity index (χ1n) is 6.81. The molecule has 0 aliphatic carbocycles. The number of hydrogen-bond acceptors (Lipinski definition) is 3. The first-order valence-corrected chi connectivity index (χ1v) is 7.19. The molecule has 1 aromatic carbocycles. The summed E-state index contributed by atoms with van der Waals surface area (Å²) in [4.78, 5) is 4.04. The largest absolute Gasteiger partial charge is 0.493 e. The number of nitrogens with zero attached hydrogens (tertiary/aromatic N) is 1. The van der Waals surface area contributed by atoms with E-state index in [1.54, 1.807) is 0 Å². The lowest BCUT2D eigenvalue weighted by Crippen LogP contribution is -2.18. The number of hydrogen-bond donors (Lipinski definition) is 1. The number of pyridine rings is 1. The van der Waals surface area contributed by atoms with E-state index in [1.807, 2.05) is 36.7 Å². The first kappa shape index (κ1) is 13.4. The van der Waals surface area contributed by atoms with E-state index in [4.69, 9.17) is 16.3 Å². The van der Waals surface area contributed by atoms with Gasteiger partial charge in [-0.1, -0.05) is 11.6 Å². The minimum Gasteiger partial charge on any atom is -0.493 e. The number of benzene rings is 1. The van der Waals surface area contributed by atoms with Crippen molar-refractivity contribution in [2.24, 2.45) is 0 Å². The zero-order valence-electron chi connectivity index (χ0n) is 11.4. The SMILES string of the molecule is C[C@@H](NCc1cc(Cl)cc2c1OCC2)c1ccncc1. The molecule has 1 aromatic heterocycles. The van der Waals surface area contributed by atoms with E-state index in [1.165, 1.54) is 11.1 Å². The molecule has 2 aromatic rings. The fourth-order valence-electron chi connectivity index (χ4n) is 2.51. The highest BCUT2D eigenvalue weighted by atomic mass is 35.5. The minimum absolute atomic E-state index is 0.258. The Morgan fingerprint density at radius 1 is 1.35 bits per heavy atom. The van der Waals surface area contributed by atoms with Crippen LogP contribution < -0.4 is 10.1 Å². The van der Waals surface area contributed by atoms with E-state index < -0.39 is 0 Å². The van der Waals surface area contributed by atoms with Crippen molar-refractivity contribution in [3.63, 3.8) is 0 Å². The third kappa shape index (κ3) is 2.79. The quantitative estimate of drug-likeness (QED) is 0.935. The summed E-state index contributed by atoms with van der Waals surface area (Å²) in [5.74, 6) is 1.00. The molecule has 3 rings (SSSR count). The second-order valence-electron chi connectivity index (χ2n) is 5.03. The molecule has 0 unspecified atom stereocenters. The molecule has 1 atom stereocenters. The number of ether oxygens (including phenoxy) is 1. The number of rotatable bonds is 4. The molecule has 0 amide bonds. The van der Waals surface area contributed by atoms with Crippen LogP contribution in [-0.4, -0.2) is 11.6 Å². The Hall–Kier alpha value is -1.58. The molecule has 0 spiro atoms. The molecular weight excluding hydrogens is 272 g/mol. The molecule has 0 bridgehead atoms. The molecule has 1 aliphatic heterocycles. The van der Waals surface area contributed by atoms with Gasteiger partial charge >= 0.3 is 0 Å². The van der Waals surface area contributed by atoms with Gasteiger partial charge in [0.25, 0.3) is 0 Å². The normalized spacial score (nSPS) is 14.7. The Morgan fingerprint density at radius 2 is 2.15 bits per heavy atom. The number of nitrogens with one attached hydrogen (secondary N) is 1. The van der Waals surface area contributed by atoms with Crippen LogP contribution in [0.2, 0.25) is 5.02 Å². The van der Waals surface area contributed by atoms with Crippen molar-refractivity contribution < 1.29 is 4.74 Å². The molecule has 104 valence electrons. The van der Waals surface area contributed by atoms with Crippen LogP contribution in [0.1, 0.15) is 29.7 Å². The molecule has 1 N–H and O–H groups in total. The van der Waals surface area contributed by atoms with Gasteiger partial charge < -0.3 is 10.1 Å². The van der Waals surface area contributed by atoms with Crippen molar-refractivity contribution in [2.45, 2.75) is 25.9 Å². The summed E-state index contributed by atoms with van der Waals surface area (Å²) in [5.41, 5.74) is 3.57. The van der Waals surface area contributed by atoms with E-state index >= 15 is 0 Å². The summed E-state index contributed by atoms with van der Waals surface area (Å²) < 4.78 is 5.71. The second kappa shape index (κ2) is 5.81. The van der Waals surface area contributed by atoms with E-state index in [2.05, 4.69) is 17.2 Å². The lowest BCUT2D eigenvalue weighted by Gasteiger charge is -2.16. The Bertz CT molecular complexity index is 601. The highest BCUT2D eigenvalue weighted by molar-refractivity contribution is 6.30. The van der Waals surface area contributed by atoms with E-state index in [0.717, 1.165) is 35.9 Å². The Balaban J connectivity index is 1.73. The number of aromatic nitrogens is 1. The van der Waals surface area contributed by atoms with Crippen LogP contribution in [-0.2, 0) is 13.0 Å². The number of halogens is 1. The maximum atomic E-state index is 6.17. The van der Waals surface area contributed by atoms with E-state index in [-0.39, 0.29) is 6.04 Å². The fraction of sp³-hybridized carbons (Fsp3) is 0.312. The van der Waals surface area contributed by atoms with Crippen LogP contribution in [0.4, 0.5) is 0 Å². The average molecular weight is 289 g/mol. The molecule has 4 heteroatoms. The monoisotopic (exact) mass is 288 g/mol. The third-order valence-electron chi connectivity index (χ3n) is 3.63. The summed E-state index contributed by atoms with van der Waals surface area (Å²) in [6.45, 7) is 3.63. The Kier molecular flexibility index (Phi) is 3.90. The number of fused-ring (bicyclic) bond motifs is 1. The maximum absolute atomic E-state index is 6.17. The van der Waals surface area contributed by atoms with E-state index in [9.17, 15) is 0 Å². The smallest absolute Gasteiger partial charge is 0.127 e. The lowest BCUT2D eigenvalue weighted by molar-refractivity contribution is 0.351. The van der Waals surface area contributed by atoms with E-state index in [0.29, 0.717) is 0 Å². The van der Waals surface area contributed by atoms with Crippen molar-refractivity contribution in [1.82, 2.24) is 10.3 Å². The maximum Gasteiger partial charge on any atom is 0.127 e. The third-order valence-corrected chi connectivity index (χ3v) is 3.85. The molecule has 3 nitrogen and oxygen atoms in total. The molecular formula is C16H17ClN2O. The lowest BCUT2D eigenvalue weighted by atomic mass is 10.1. The summed E-state index contributed by atoms with van der Waals surface area (Å²) in [6, 6.07) is 8.29. The van der Waals surface area contributed by atoms with Gasteiger partial charge in [-0.05, 0) is 42.3 Å². The fourth-order valence-corrected chi connectivity index (χ4v) is 2.77. The van der Waals surface area contributed by atoms with Gasteiger partial charge in [0, 0.05) is 42.0 Å². The van der Waals surface area contributed by atoms with Gasteiger partial charge in [-0.3, -0.25) is 4.98 Å². The topological polar surface area (TPSA) is 34.1 Å². The standard InChI is InChI=1S/C16H17ClN2O/c1-11(12-2-5-18-6-3-12)19-10-14-9-15(17)8-13-4-7-20-16(13)14/h2-3,5-6,8-9,11,19H,4,7,10H2,1H3/t11-/m1/s1. The van der Waals surface area contributed by atoms with Crippen molar-refractivity contribution >= 4 is 11.6 Å². The van der Waals surface area contributed by atoms with Crippen molar-refractivity contribution in [3.05, 3.63) is 58.4 Å². The van der Waals surface area contributed by atoms with Crippen LogP contribution in [0.5, 0.6) is 5.75 Å². The second-order valence-corrected chi connectivity index (χ2v) is 5.47. The summed E-state index contributed by atoms with van der Waals surface area (Å²) in [7, 11) is 0. The zero-order chi connectivity index (χ0) is 13.9. The Labute approximate surface area is 123 Å². The van der Waals surface area contributed by atoms with Crippen molar-refractivity contribution in [2.75, 3.05) is 6.61 Å².